The molecule has 1 heterocycles. The predicted molar refractivity (Wildman–Crippen MR) is 57.6 cm³/mol. The van der Waals surface area contributed by atoms with Crippen LogP contribution in [-0.2, 0) is 14.3 Å². The van der Waals surface area contributed by atoms with Gasteiger partial charge in [0.2, 0.25) is 0 Å². The van der Waals surface area contributed by atoms with Gasteiger partial charge in [-0.15, -0.1) is 0 Å². The minimum atomic E-state index is -0.804. The van der Waals surface area contributed by atoms with Crippen LogP contribution in [0.2, 0.25) is 0 Å². The van der Waals surface area contributed by atoms with E-state index in [0.29, 0.717) is 13.2 Å². The van der Waals surface area contributed by atoms with Crippen LogP contribution in [0.25, 0.3) is 0 Å². The Morgan fingerprint density at radius 1 is 1.53 bits per heavy atom. The largest absolute Gasteiger partial charge is 0.458 e. The SMILES string of the molecule is COCC1(C(=O)OC(C)(C)C)C=CCN1. The number of ether oxygens (including phenoxy) is 2. The normalized spacial score (nSPS) is 25.6. The van der Waals surface area contributed by atoms with Crippen molar-refractivity contribution in [2.75, 3.05) is 20.3 Å². The molecule has 0 amide bonds. The van der Waals surface area contributed by atoms with Crippen molar-refractivity contribution in [2.24, 2.45) is 0 Å². The van der Waals surface area contributed by atoms with Gasteiger partial charge < -0.3 is 9.47 Å². The molecule has 0 saturated heterocycles. The van der Waals surface area contributed by atoms with Crippen molar-refractivity contribution >= 4 is 5.97 Å². The van der Waals surface area contributed by atoms with Crippen LogP contribution in [0.4, 0.5) is 0 Å². The molecule has 86 valence electrons. The summed E-state index contributed by atoms with van der Waals surface area (Å²) in [5.41, 5.74) is -1.28. The zero-order valence-corrected chi connectivity index (χ0v) is 9.79. The number of esters is 1. The van der Waals surface area contributed by atoms with Crippen molar-refractivity contribution in [2.45, 2.75) is 31.9 Å². The molecular weight excluding hydrogens is 194 g/mol. The maximum atomic E-state index is 12.0. The summed E-state index contributed by atoms with van der Waals surface area (Å²) in [7, 11) is 1.57. The number of nitrogens with one attached hydrogen (secondary N) is 1. The second-order valence-corrected chi connectivity index (χ2v) is 4.69. The van der Waals surface area contributed by atoms with Gasteiger partial charge >= 0.3 is 5.97 Å². The molecule has 0 radical (unpaired) electrons. The molecule has 1 N–H and O–H groups in total. The van der Waals surface area contributed by atoms with E-state index in [2.05, 4.69) is 5.32 Å². The molecule has 0 aromatic rings. The van der Waals surface area contributed by atoms with E-state index in [1.807, 2.05) is 32.9 Å². The van der Waals surface area contributed by atoms with E-state index in [-0.39, 0.29) is 5.97 Å². The molecule has 0 spiro atoms. The highest BCUT2D eigenvalue weighted by molar-refractivity contribution is 5.84. The molecule has 1 unspecified atom stereocenters. The number of methoxy groups -OCH3 is 1. The van der Waals surface area contributed by atoms with E-state index in [0.717, 1.165) is 0 Å². The Morgan fingerprint density at radius 3 is 2.60 bits per heavy atom. The van der Waals surface area contributed by atoms with Gasteiger partial charge in [0.05, 0.1) is 6.61 Å². The maximum Gasteiger partial charge on any atom is 0.333 e. The molecule has 0 aliphatic carbocycles. The molecule has 1 atom stereocenters. The summed E-state index contributed by atoms with van der Waals surface area (Å²) in [6.45, 7) is 6.51. The van der Waals surface area contributed by atoms with Crippen LogP contribution in [0.3, 0.4) is 0 Å². The Labute approximate surface area is 90.6 Å². The summed E-state index contributed by atoms with van der Waals surface area (Å²) in [6.07, 6.45) is 3.72. The van der Waals surface area contributed by atoms with Crippen LogP contribution in [0.1, 0.15) is 20.8 Å². The van der Waals surface area contributed by atoms with Gasteiger partial charge in [0.1, 0.15) is 5.60 Å². The lowest BCUT2D eigenvalue weighted by atomic mass is 10.0. The highest BCUT2D eigenvalue weighted by Gasteiger charge is 2.41. The smallest absolute Gasteiger partial charge is 0.333 e. The second-order valence-electron chi connectivity index (χ2n) is 4.69. The van der Waals surface area contributed by atoms with Gasteiger partial charge in [0.15, 0.2) is 5.54 Å². The summed E-state index contributed by atoms with van der Waals surface area (Å²) in [5.74, 6) is -0.286. The van der Waals surface area contributed by atoms with Crippen molar-refractivity contribution < 1.29 is 14.3 Å². The topological polar surface area (TPSA) is 47.6 Å². The third-order valence-electron chi connectivity index (χ3n) is 2.07. The number of carbonyl (C=O) groups excluding carboxylic acids is 1. The Bertz CT molecular complexity index is 267. The fourth-order valence-corrected chi connectivity index (χ4v) is 1.46. The minimum absolute atomic E-state index is 0.286. The van der Waals surface area contributed by atoms with Crippen LogP contribution in [0.5, 0.6) is 0 Å². The Kier molecular flexibility index (Phi) is 3.52. The average molecular weight is 213 g/mol. The first-order chi connectivity index (χ1) is 6.90. The number of rotatable bonds is 3. The highest BCUT2D eigenvalue weighted by atomic mass is 16.6. The Hall–Kier alpha value is -0.870. The molecule has 15 heavy (non-hydrogen) atoms. The molecule has 1 aliphatic heterocycles. The van der Waals surface area contributed by atoms with Crippen molar-refractivity contribution in [1.29, 1.82) is 0 Å². The van der Waals surface area contributed by atoms with Gasteiger partial charge in [-0.25, -0.2) is 4.79 Å². The molecule has 1 aliphatic rings. The van der Waals surface area contributed by atoms with Crippen molar-refractivity contribution in [1.82, 2.24) is 5.32 Å². The monoisotopic (exact) mass is 213 g/mol. The highest BCUT2D eigenvalue weighted by Crippen LogP contribution is 2.19. The van der Waals surface area contributed by atoms with Crippen LogP contribution >= 0.6 is 0 Å². The van der Waals surface area contributed by atoms with Gasteiger partial charge in [0, 0.05) is 13.7 Å². The number of hydrogen-bond acceptors (Lipinski definition) is 4. The molecule has 0 saturated carbocycles. The summed E-state index contributed by atoms with van der Waals surface area (Å²) in [4.78, 5) is 12.0. The van der Waals surface area contributed by atoms with E-state index < -0.39 is 11.1 Å². The molecular formula is C11H19NO3. The standard InChI is InChI=1S/C11H19NO3/c1-10(2,3)15-9(13)11(8-14-4)6-5-7-12-11/h5-6,12H,7-8H2,1-4H3. The summed E-state index contributed by atoms with van der Waals surface area (Å²) >= 11 is 0. The average Bonchev–Trinajstić information content (AvgIpc) is 2.51. The van der Waals surface area contributed by atoms with E-state index >= 15 is 0 Å². The molecule has 0 aromatic carbocycles. The van der Waals surface area contributed by atoms with Gasteiger partial charge in [-0.2, -0.15) is 0 Å². The maximum absolute atomic E-state index is 12.0. The van der Waals surface area contributed by atoms with Crippen LogP contribution in [0, 0.1) is 0 Å². The lowest BCUT2D eigenvalue weighted by Crippen LogP contribution is -2.53. The summed E-state index contributed by atoms with van der Waals surface area (Å²) in [6, 6.07) is 0. The van der Waals surface area contributed by atoms with E-state index in [4.69, 9.17) is 9.47 Å². The third kappa shape index (κ3) is 3.04. The van der Waals surface area contributed by atoms with Crippen molar-refractivity contribution in [3.05, 3.63) is 12.2 Å². The quantitative estimate of drug-likeness (QED) is 0.558. The summed E-state index contributed by atoms with van der Waals surface area (Å²) < 4.78 is 10.4. The van der Waals surface area contributed by atoms with Crippen molar-refractivity contribution in [3.63, 3.8) is 0 Å². The minimum Gasteiger partial charge on any atom is -0.458 e. The molecule has 4 heteroatoms. The predicted octanol–water partition coefficient (Wildman–Crippen LogP) is 0.873. The molecule has 0 aromatic heterocycles. The van der Waals surface area contributed by atoms with Crippen LogP contribution in [0.15, 0.2) is 12.2 Å². The molecule has 1 rings (SSSR count). The first-order valence-electron chi connectivity index (χ1n) is 5.05. The molecule has 4 nitrogen and oxygen atoms in total. The fraction of sp³-hybridized carbons (Fsp3) is 0.727. The fourth-order valence-electron chi connectivity index (χ4n) is 1.46. The van der Waals surface area contributed by atoms with E-state index in [1.54, 1.807) is 7.11 Å². The number of carbonyl (C=O) groups is 1. The zero-order valence-electron chi connectivity index (χ0n) is 9.79. The van der Waals surface area contributed by atoms with Crippen molar-refractivity contribution in [3.8, 4) is 0 Å². The van der Waals surface area contributed by atoms with E-state index in [9.17, 15) is 4.79 Å². The third-order valence-corrected chi connectivity index (χ3v) is 2.07. The second kappa shape index (κ2) is 4.33. The van der Waals surface area contributed by atoms with Crippen LogP contribution in [-0.4, -0.2) is 37.4 Å². The van der Waals surface area contributed by atoms with Gasteiger partial charge in [-0.05, 0) is 20.8 Å². The molecule has 0 bridgehead atoms. The van der Waals surface area contributed by atoms with Gasteiger partial charge in [-0.3, -0.25) is 5.32 Å². The Balaban J connectivity index is 2.73. The van der Waals surface area contributed by atoms with Crippen LogP contribution < -0.4 is 5.32 Å². The Morgan fingerprint density at radius 2 is 2.20 bits per heavy atom. The van der Waals surface area contributed by atoms with Gasteiger partial charge in [0.25, 0.3) is 0 Å². The number of hydrogen-bond donors (Lipinski definition) is 1. The van der Waals surface area contributed by atoms with E-state index in [1.165, 1.54) is 0 Å². The first-order valence-corrected chi connectivity index (χ1v) is 5.05. The lowest BCUT2D eigenvalue weighted by molar-refractivity contribution is -0.162. The van der Waals surface area contributed by atoms with Gasteiger partial charge in [-0.1, -0.05) is 12.2 Å². The summed E-state index contributed by atoms with van der Waals surface area (Å²) in [5, 5.41) is 3.08. The zero-order chi connectivity index (χ0) is 11.5. The lowest BCUT2D eigenvalue weighted by Gasteiger charge is -2.29. The first kappa shape index (κ1) is 12.2. The molecule has 0 fully saturated rings.